The molecular weight excluding hydrogens is 384 g/mol. The van der Waals surface area contributed by atoms with Gasteiger partial charge in [0.1, 0.15) is 5.75 Å². The number of methoxy groups -OCH3 is 1. The average molecular weight is 419 g/mol. The number of aliphatic hydroxyl groups is 1. The fraction of sp³-hybridized carbons (Fsp3) is 0.636. The van der Waals surface area contributed by atoms with Gasteiger partial charge in [0.15, 0.2) is 0 Å². The van der Waals surface area contributed by atoms with Crippen molar-refractivity contribution < 1.29 is 19.1 Å². The molecule has 1 aliphatic rings. The minimum atomic E-state index is -0.392. The molecule has 1 aromatic heterocycles. The second-order valence-electron chi connectivity index (χ2n) is 8.21. The highest BCUT2D eigenvalue weighted by Gasteiger charge is 2.19. The highest BCUT2D eigenvalue weighted by molar-refractivity contribution is 5.56. The third-order valence-electron chi connectivity index (χ3n) is 5.10. The molecule has 166 valence electrons. The summed E-state index contributed by atoms with van der Waals surface area (Å²) < 4.78 is 16.1. The standard InChI is InChI=1S/C22H34N4O4/c1-17(2)14-26(16-19(27)15-25-9-11-29-12-10-25)8-7-21-23-22(24-30-21)18-5-4-6-20(13-18)28-3/h4-6,13,17,19,27H,7-12,14-16H2,1-3H3/t19-/m1/s1. The maximum absolute atomic E-state index is 10.6. The lowest BCUT2D eigenvalue weighted by Gasteiger charge is -2.31. The van der Waals surface area contributed by atoms with Gasteiger partial charge < -0.3 is 19.1 Å². The summed E-state index contributed by atoms with van der Waals surface area (Å²) in [5, 5.41) is 14.7. The minimum absolute atomic E-state index is 0.392. The van der Waals surface area contributed by atoms with Crippen LogP contribution in [0.1, 0.15) is 19.7 Å². The van der Waals surface area contributed by atoms with Crippen molar-refractivity contribution in [2.75, 3.05) is 59.6 Å². The summed E-state index contributed by atoms with van der Waals surface area (Å²) in [5.41, 5.74) is 0.865. The van der Waals surface area contributed by atoms with E-state index in [1.165, 1.54) is 0 Å². The molecule has 8 nitrogen and oxygen atoms in total. The number of morpholine rings is 1. The maximum atomic E-state index is 10.6. The molecule has 1 fully saturated rings. The Bertz CT molecular complexity index is 761. The Morgan fingerprint density at radius 1 is 1.23 bits per heavy atom. The summed E-state index contributed by atoms with van der Waals surface area (Å²) in [4.78, 5) is 9.08. The molecule has 0 aliphatic carbocycles. The zero-order chi connectivity index (χ0) is 21.3. The van der Waals surface area contributed by atoms with Gasteiger partial charge in [-0.15, -0.1) is 0 Å². The molecule has 30 heavy (non-hydrogen) atoms. The van der Waals surface area contributed by atoms with E-state index in [1.54, 1.807) is 7.11 Å². The number of hydrogen-bond acceptors (Lipinski definition) is 8. The van der Waals surface area contributed by atoms with Gasteiger partial charge in [0.2, 0.25) is 11.7 Å². The normalized spacial score (nSPS) is 16.3. The van der Waals surface area contributed by atoms with E-state index in [9.17, 15) is 5.11 Å². The molecule has 2 heterocycles. The maximum Gasteiger partial charge on any atom is 0.228 e. The third-order valence-corrected chi connectivity index (χ3v) is 5.10. The number of nitrogens with zero attached hydrogens (tertiary/aromatic N) is 4. The predicted molar refractivity (Wildman–Crippen MR) is 115 cm³/mol. The Balaban J connectivity index is 1.54. The Kier molecular flexibility index (Phi) is 8.62. The zero-order valence-electron chi connectivity index (χ0n) is 18.3. The first kappa shape index (κ1) is 22.7. The number of hydrogen-bond donors (Lipinski definition) is 1. The SMILES string of the molecule is COc1cccc(-c2noc(CCN(CC(C)C)C[C@H](O)CN3CCOCC3)n2)c1. The first-order valence-corrected chi connectivity index (χ1v) is 10.7. The third kappa shape index (κ3) is 7.05. The fourth-order valence-electron chi connectivity index (χ4n) is 3.70. The van der Waals surface area contributed by atoms with E-state index in [-0.39, 0.29) is 0 Å². The van der Waals surface area contributed by atoms with E-state index < -0.39 is 6.10 Å². The second-order valence-corrected chi connectivity index (χ2v) is 8.21. The summed E-state index contributed by atoms with van der Waals surface area (Å²) in [7, 11) is 1.64. The molecule has 1 saturated heterocycles. The van der Waals surface area contributed by atoms with Gasteiger partial charge in [0, 0.05) is 51.3 Å². The van der Waals surface area contributed by atoms with Crippen molar-refractivity contribution in [1.29, 1.82) is 0 Å². The number of ether oxygens (including phenoxy) is 2. The van der Waals surface area contributed by atoms with Crippen molar-refractivity contribution in [1.82, 2.24) is 19.9 Å². The molecule has 0 saturated carbocycles. The van der Waals surface area contributed by atoms with Crippen molar-refractivity contribution in [3.05, 3.63) is 30.2 Å². The van der Waals surface area contributed by atoms with E-state index in [1.807, 2.05) is 24.3 Å². The van der Waals surface area contributed by atoms with Gasteiger partial charge in [0.25, 0.3) is 0 Å². The topological polar surface area (TPSA) is 84.1 Å². The van der Waals surface area contributed by atoms with E-state index in [0.717, 1.165) is 50.7 Å². The van der Waals surface area contributed by atoms with Crippen molar-refractivity contribution >= 4 is 0 Å². The fourth-order valence-corrected chi connectivity index (χ4v) is 3.70. The van der Waals surface area contributed by atoms with Gasteiger partial charge >= 0.3 is 0 Å². The van der Waals surface area contributed by atoms with Crippen LogP contribution in [0.2, 0.25) is 0 Å². The van der Waals surface area contributed by atoms with E-state index in [0.29, 0.717) is 37.1 Å². The molecule has 2 aromatic rings. The molecule has 0 spiro atoms. The van der Waals surface area contributed by atoms with Gasteiger partial charge in [-0.2, -0.15) is 4.98 Å². The lowest BCUT2D eigenvalue weighted by molar-refractivity contribution is 0.00606. The molecule has 0 amide bonds. The molecule has 3 rings (SSSR count). The number of rotatable bonds is 11. The van der Waals surface area contributed by atoms with Crippen LogP contribution >= 0.6 is 0 Å². The van der Waals surface area contributed by atoms with Crippen LogP contribution in [0.15, 0.2) is 28.8 Å². The molecule has 8 heteroatoms. The van der Waals surface area contributed by atoms with E-state index >= 15 is 0 Å². The van der Waals surface area contributed by atoms with Crippen LogP contribution in [0, 0.1) is 5.92 Å². The zero-order valence-corrected chi connectivity index (χ0v) is 18.3. The number of aromatic nitrogens is 2. The van der Waals surface area contributed by atoms with Crippen molar-refractivity contribution in [3.63, 3.8) is 0 Å². The van der Waals surface area contributed by atoms with Crippen LogP contribution in [0.4, 0.5) is 0 Å². The molecule has 0 bridgehead atoms. The predicted octanol–water partition coefficient (Wildman–Crippen LogP) is 1.94. The first-order chi connectivity index (χ1) is 14.5. The Morgan fingerprint density at radius 3 is 2.77 bits per heavy atom. The quantitative estimate of drug-likeness (QED) is 0.593. The van der Waals surface area contributed by atoms with Crippen LogP contribution in [0.25, 0.3) is 11.4 Å². The Hall–Kier alpha value is -2.00. The van der Waals surface area contributed by atoms with E-state index in [4.69, 9.17) is 14.0 Å². The van der Waals surface area contributed by atoms with Crippen LogP contribution in [0.5, 0.6) is 5.75 Å². The number of aliphatic hydroxyl groups excluding tert-OH is 1. The summed E-state index contributed by atoms with van der Waals surface area (Å²) >= 11 is 0. The number of β-amino-alcohol motifs (C(OH)–C–C–N with tert-alkyl or cyclic N) is 1. The summed E-state index contributed by atoms with van der Waals surface area (Å²) in [6, 6.07) is 7.62. The van der Waals surface area contributed by atoms with Gasteiger partial charge in [-0.3, -0.25) is 9.80 Å². The highest BCUT2D eigenvalue weighted by Crippen LogP contribution is 2.21. The van der Waals surface area contributed by atoms with Crippen LogP contribution < -0.4 is 4.74 Å². The van der Waals surface area contributed by atoms with Gasteiger partial charge in [-0.05, 0) is 18.1 Å². The highest BCUT2D eigenvalue weighted by atomic mass is 16.5. The molecule has 1 atom stereocenters. The molecule has 1 aliphatic heterocycles. The van der Waals surface area contributed by atoms with Gasteiger partial charge in [-0.25, -0.2) is 0 Å². The van der Waals surface area contributed by atoms with Crippen LogP contribution in [-0.4, -0.2) is 90.7 Å². The van der Waals surface area contributed by atoms with Crippen molar-refractivity contribution in [2.24, 2.45) is 5.92 Å². The van der Waals surface area contributed by atoms with Crippen molar-refractivity contribution in [3.8, 4) is 17.1 Å². The smallest absolute Gasteiger partial charge is 0.228 e. The minimum Gasteiger partial charge on any atom is -0.497 e. The first-order valence-electron chi connectivity index (χ1n) is 10.7. The molecule has 1 aromatic carbocycles. The molecule has 0 radical (unpaired) electrons. The Morgan fingerprint density at radius 2 is 2.03 bits per heavy atom. The number of benzene rings is 1. The molecular formula is C22H34N4O4. The lowest BCUT2D eigenvalue weighted by atomic mass is 10.2. The van der Waals surface area contributed by atoms with Crippen molar-refractivity contribution in [2.45, 2.75) is 26.4 Å². The van der Waals surface area contributed by atoms with Gasteiger partial charge in [0.05, 0.1) is 26.4 Å². The summed E-state index contributed by atoms with van der Waals surface area (Å²) in [5.74, 6) is 2.43. The summed E-state index contributed by atoms with van der Waals surface area (Å²) in [6.45, 7) is 10.6. The van der Waals surface area contributed by atoms with E-state index in [2.05, 4.69) is 33.8 Å². The largest absolute Gasteiger partial charge is 0.497 e. The molecule has 1 N–H and O–H groups in total. The van der Waals surface area contributed by atoms with Gasteiger partial charge in [-0.1, -0.05) is 31.1 Å². The van der Waals surface area contributed by atoms with Crippen LogP contribution in [0.3, 0.4) is 0 Å². The second kappa shape index (κ2) is 11.4. The Labute approximate surface area is 178 Å². The molecule has 0 unspecified atom stereocenters. The average Bonchev–Trinajstić information content (AvgIpc) is 3.21. The summed E-state index contributed by atoms with van der Waals surface area (Å²) in [6.07, 6.45) is 0.255. The lowest BCUT2D eigenvalue weighted by Crippen LogP contribution is -2.45. The van der Waals surface area contributed by atoms with Crippen LogP contribution in [-0.2, 0) is 11.2 Å². The monoisotopic (exact) mass is 418 g/mol.